The minimum Gasteiger partial charge on any atom is -0.357 e. The normalized spacial score (nSPS) is 14.8. The molecule has 0 saturated carbocycles. The van der Waals surface area contributed by atoms with Gasteiger partial charge in [0.05, 0.1) is 12.6 Å². The van der Waals surface area contributed by atoms with Crippen molar-refractivity contribution in [3.63, 3.8) is 0 Å². The SMILES string of the molecule is CCNC(=NCC(C)SC)NC(C)c1ccccc1. The van der Waals surface area contributed by atoms with Crippen molar-refractivity contribution in [3.8, 4) is 0 Å². The maximum atomic E-state index is 4.62. The van der Waals surface area contributed by atoms with Gasteiger partial charge in [0.15, 0.2) is 5.96 Å². The predicted molar refractivity (Wildman–Crippen MR) is 86.9 cm³/mol. The molecule has 1 aromatic carbocycles. The fourth-order valence-corrected chi connectivity index (χ4v) is 1.87. The van der Waals surface area contributed by atoms with Gasteiger partial charge in [0.1, 0.15) is 0 Å². The van der Waals surface area contributed by atoms with Crippen LogP contribution in [0.25, 0.3) is 0 Å². The molecule has 2 N–H and O–H groups in total. The fourth-order valence-electron chi connectivity index (χ4n) is 1.64. The van der Waals surface area contributed by atoms with E-state index in [1.807, 2.05) is 17.8 Å². The van der Waals surface area contributed by atoms with Crippen molar-refractivity contribution in [1.82, 2.24) is 10.6 Å². The second-order valence-corrected chi connectivity index (χ2v) is 5.82. The third-order valence-corrected chi connectivity index (χ3v) is 3.86. The summed E-state index contributed by atoms with van der Waals surface area (Å²) in [6.07, 6.45) is 2.12. The van der Waals surface area contributed by atoms with Crippen molar-refractivity contribution < 1.29 is 0 Å². The number of hydrogen-bond donors (Lipinski definition) is 2. The molecule has 0 spiro atoms. The van der Waals surface area contributed by atoms with E-state index in [1.165, 1.54) is 5.56 Å². The van der Waals surface area contributed by atoms with Gasteiger partial charge in [-0.25, -0.2) is 0 Å². The summed E-state index contributed by atoms with van der Waals surface area (Å²) in [4.78, 5) is 4.62. The lowest BCUT2D eigenvalue weighted by atomic mass is 10.1. The lowest BCUT2D eigenvalue weighted by molar-refractivity contribution is 0.686. The molecule has 106 valence electrons. The molecular weight excluding hydrogens is 254 g/mol. The van der Waals surface area contributed by atoms with Crippen LogP contribution in [0.2, 0.25) is 0 Å². The molecule has 0 saturated heterocycles. The highest BCUT2D eigenvalue weighted by Crippen LogP contribution is 2.11. The van der Waals surface area contributed by atoms with Crippen LogP contribution in [0.1, 0.15) is 32.4 Å². The molecule has 19 heavy (non-hydrogen) atoms. The number of nitrogens with one attached hydrogen (secondary N) is 2. The third kappa shape index (κ3) is 6.01. The molecule has 1 aromatic rings. The number of rotatable bonds is 6. The summed E-state index contributed by atoms with van der Waals surface area (Å²) in [5, 5.41) is 7.28. The van der Waals surface area contributed by atoms with E-state index in [4.69, 9.17) is 0 Å². The second kappa shape index (κ2) is 8.86. The molecule has 3 nitrogen and oxygen atoms in total. The summed E-state index contributed by atoms with van der Waals surface area (Å²) in [6.45, 7) is 8.14. The average molecular weight is 279 g/mol. The highest BCUT2D eigenvalue weighted by Gasteiger charge is 2.07. The topological polar surface area (TPSA) is 36.4 Å². The first kappa shape index (κ1) is 15.9. The van der Waals surface area contributed by atoms with Crippen molar-refractivity contribution in [2.45, 2.75) is 32.1 Å². The van der Waals surface area contributed by atoms with Crippen LogP contribution in [0.3, 0.4) is 0 Å². The van der Waals surface area contributed by atoms with Crippen molar-refractivity contribution >= 4 is 17.7 Å². The van der Waals surface area contributed by atoms with Crippen LogP contribution in [0, 0.1) is 0 Å². The van der Waals surface area contributed by atoms with Crippen molar-refractivity contribution in [3.05, 3.63) is 35.9 Å². The maximum absolute atomic E-state index is 4.62. The predicted octanol–water partition coefficient (Wildman–Crippen LogP) is 3.05. The van der Waals surface area contributed by atoms with E-state index in [0.29, 0.717) is 5.25 Å². The van der Waals surface area contributed by atoms with Gasteiger partial charge in [-0.15, -0.1) is 0 Å². The molecule has 2 atom stereocenters. The Morgan fingerprint density at radius 1 is 1.26 bits per heavy atom. The molecule has 0 aromatic heterocycles. The molecule has 0 radical (unpaired) electrons. The van der Waals surface area contributed by atoms with Crippen LogP contribution in [0.5, 0.6) is 0 Å². The number of thioether (sulfide) groups is 1. The molecule has 0 aliphatic carbocycles. The Morgan fingerprint density at radius 2 is 1.95 bits per heavy atom. The Kier molecular flexibility index (Phi) is 7.41. The minimum absolute atomic E-state index is 0.253. The van der Waals surface area contributed by atoms with Gasteiger partial charge in [-0.3, -0.25) is 4.99 Å². The number of hydrogen-bond acceptors (Lipinski definition) is 2. The standard InChI is InChI=1S/C15H25N3S/c1-5-16-15(17-11-12(2)19-4)18-13(3)14-9-7-6-8-10-14/h6-10,12-13H,5,11H2,1-4H3,(H2,16,17,18). The Balaban J connectivity index is 2.62. The molecule has 1 rings (SSSR count). The summed E-state index contributed by atoms with van der Waals surface area (Å²) < 4.78 is 0. The summed E-state index contributed by atoms with van der Waals surface area (Å²) >= 11 is 1.84. The minimum atomic E-state index is 0.253. The monoisotopic (exact) mass is 279 g/mol. The number of guanidine groups is 1. The molecule has 4 heteroatoms. The van der Waals surface area contributed by atoms with Gasteiger partial charge in [0, 0.05) is 11.8 Å². The summed E-state index contributed by atoms with van der Waals surface area (Å²) in [7, 11) is 0. The average Bonchev–Trinajstić information content (AvgIpc) is 2.45. The van der Waals surface area contributed by atoms with Gasteiger partial charge >= 0.3 is 0 Å². The molecule has 0 heterocycles. The molecule has 0 fully saturated rings. The van der Waals surface area contributed by atoms with Gasteiger partial charge in [0.25, 0.3) is 0 Å². The molecule has 0 amide bonds. The van der Waals surface area contributed by atoms with Crippen molar-refractivity contribution in [2.75, 3.05) is 19.3 Å². The van der Waals surface area contributed by atoms with Gasteiger partial charge in [-0.2, -0.15) is 11.8 Å². The molecule has 0 aliphatic rings. The van der Waals surface area contributed by atoms with E-state index in [0.717, 1.165) is 19.0 Å². The zero-order valence-corrected chi connectivity index (χ0v) is 13.1. The number of aliphatic imine (C=N–C) groups is 1. The maximum Gasteiger partial charge on any atom is 0.191 e. The second-order valence-electron chi connectivity index (χ2n) is 4.54. The van der Waals surface area contributed by atoms with Gasteiger partial charge in [-0.1, -0.05) is 37.3 Å². The van der Waals surface area contributed by atoms with E-state index in [2.05, 4.69) is 66.9 Å². The summed E-state index contributed by atoms with van der Waals surface area (Å²) in [6, 6.07) is 10.7. The molecular formula is C15H25N3S. The summed E-state index contributed by atoms with van der Waals surface area (Å²) in [5.41, 5.74) is 1.27. The largest absolute Gasteiger partial charge is 0.357 e. The van der Waals surface area contributed by atoms with E-state index >= 15 is 0 Å². The first-order valence-electron chi connectivity index (χ1n) is 6.80. The third-order valence-electron chi connectivity index (χ3n) is 2.91. The molecule has 2 unspecified atom stereocenters. The van der Waals surface area contributed by atoms with Crippen LogP contribution >= 0.6 is 11.8 Å². The van der Waals surface area contributed by atoms with Crippen molar-refractivity contribution in [1.29, 1.82) is 0 Å². The zero-order chi connectivity index (χ0) is 14.1. The van der Waals surface area contributed by atoms with Gasteiger partial charge < -0.3 is 10.6 Å². The van der Waals surface area contributed by atoms with Crippen LogP contribution in [0.15, 0.2) is 35.3 Å². The summed E-state index contributed by atoms with van der Waals surface area (Å²) in [5.74, 6) is 0.889. The Hall–Kier alpha value is -1.16. The lowest BCUT2D eigenvalue weighted by Crippen LogP contribution is -2.39. The Morgan fingerprint density at radius 3 is 2.53 bits per heavy atom. The van der Waals surface area contributed by atoms with E-state index in [9.17, 15) is 0 Å². The number of benzene rings is 1. The number of nitrogens with zero attached hydrogens (tertiary/aromatic N) is 1. The van der Waals surface area contributed by atoms with Crippen molar-refractivity contribution in [2.24, 2.45) is 4.99 Å². The van der Waals surface area contributed by atoms with Gasteiger partial charge in [-0.05, 0) is 25.7 Å². The van der Waals surface area contributed by atoms with Crippen LogP contribution in [-0.2, 0) is 0 Å². The van der Waals surface area contributed by atoms with Crippen LogP contribution < -0.4 is 10.6 Å². The smallest absolute Gasteiger partial charge is 0.191 e. The lowest BCUT2D eigenvalue weighted by Gasteiger charge is -2.18. The van der Waals surface area contributed by atoms with Crippen LogP contribution in [0.4, 0.5) is 0 Å². The molecule has 0 bridgehead atoms. The van der Waals surface area contributed by atoms with E-state index in [1.54, 1.807) is 0 Å². The highest BCUT2D eigenvalue weighted by molar-refractivity contribution is 7.99. The first-order valence-corrected chi connectivity index (χ1v) is 8.08. The zero-order valence-electron chi connectivity index (χ0n) is 12.3. The van der Waals surface area contributed by atoms with Gasteiger partial charge in [0.2, 0.25) is 0 Å². The Labute approximate surface area is 121 Å². The molecule has 0 aliphatic heterocycles. The fraction of sp³-hybridized carbons (Fsp3) is 0.533. The van der Waals surface area contributed by atoms with E-state index in [-0.39, 0.29) is 6.04 Å². The quantitative estimate of drug-likeness (QED) is 0.621. The highest BCUT2D eigenvalue weighted by atomic mass is 32.2. The first-order chi connectivity index (χ1) is 9.17. The Bertz CT molecular complexity index is 378. The van der Waals surface area contributed by atoms with E-state index < -0.39 is 0 Å². The van der Waals surface area contributed by atoms with Crippen LogP contribution in [-0.4, -0.2) is 30.6 Å².